The summed E-state index contributed by atoms with van der Waals surface area (Å²) < 4.78 is 1.22. The maximum atomic E-state index is 13.2. The van der Waals surface area contributed by atoms with Crippen molar-refractivity contribution in [2.24, 2.45) is 0 Å². The number of para-hydroxylation sites is 2. The molecule has 1 unspecified atom stereocenters. The van der Waals surface area contributed by atoms with E-state index in [0.29, 0.717) is 21.9 Å². The first kappa shape index (κ1) is 19.4. The molecule has 0 saturated carbocycles. The Balaban J connectivity index is 1.74. The highest BCUT2D eigenvalue weighted by molar-refractivity contribution is 6.38. The van der Waals surface area contributed by atoms with Crippen LogP contribution in [0.3, 0.4) is 0 Å². The first-order chi connectivity index (χ1) is 13.8. The molecule has 4 rings (SSSR count). The topological polar surface area (TPSA) is 84.3 Å². The van der Waals surface area contributed by atoms with Crippen molar-refractivity contribution in [3.05, 3.63) is 63.1 Å². The Bertz CT molecular complexity index is 1210. The van der Waals surface area contributed by atoms with E-state index in [0.717, 1.165) is 0 Å². The minimum absolute atomic E-state index is 0.149. The summed E-state index contributed by atoms with van der Waals surface area (Å²) in [5.74, 6) is -0.508. The van der Waals surface area contributed by atoms with E-state index in [4.69, 9.17) is 23.2 Å². The van der Waals surface area contributed by atoms with Crippen molar-refractivity contribution in [2.75, 3.05) is 10.2 Å². The number of fused-ring (bicyclic) bond motifs is 2. The van der Waals surface area contributed by atoms with Crippen LogP contribution in [-0.2, 0) is 16.1 Å². The molecule has 0 aliphatic carbocycles. The molecule has 1 atom stereocenters. The number of carbonyl (C=O) groups is 2. The summed E-state index contributed by atoms with van der Waals surface area (Å²) in [6.07, 6.45) is 1.44. The second kappa shape index (κ2) is 7.50. The predicted molar refractivity (Wildman–Crippen MR) is 113 cm³/mol. The number of hydrogen-bond acceptors (Lipinski definition) is 4. The van der Waals surface area contributed by atoms with E-state index in [-0.39, 0.29) is 41.2 Å². The molecule has 2 aromatic carbocycles. The van der Waals surface area contributed by atoms with Crippen LogP contribution in [0.4, 0.5) is 11.4 Å². The molecule has 3 aromatic rings. The lowest BCUT2D eigenvalue weighted by Gasteiger charge is -2.28. The van der Waals surface area contributed by atoms with Gasteiger partial charge in [-0.1, -0.05) is 35.3 Å². The van der Waals surface area contributed by atoms with Crippen molar-refractivity contribution >= 4 is 57.3 Å². The zero-order valence-corrected chi connectivity index (χ0v) is 16.9. The number of nitrogens with one attached hydrogen (secondary N) is 1. The molecule has 9 heteroatoms. The van der Waals surface area contributed by atoms with Gasteiger partial charge in [0.1, 0.15) is 6.54 Å². The van der Waals surface area contributed by atoms with Gasteiger partial charge in [0, 0.05) is 17.5 Å². The Morgan fingerprint density at radius 1 is 1.24 bits per heavy atom. The van der Waals surface area contributed by atoms with E-state index < -0.39 is 5.56 Å². The first-order valence-corrected chi connectivity index (χ1v) is 9.66. The monoisotopic (exact) mass is 430 g/mol. The van der Waals surface area contributed by atoms with Gasteiger partial charge >= 0.3 is 0 Å². The molecule has 7 nitrogen and oxygen atoms in total. The van der Waals surface area contributed by atoms with Gasteiger partial charge in [-0.3, -0.25) is 19.0 Å². The summed E-state index contributed by atoms with van der Waals surface area (Å²) in [7, 11) is 0. The highest BCUT2D eigenvalue weighted by Crippen LogP contribution is 2.31. The van der Waals surface area contributed by atoms with Crippen LogP contribution in [0.1, 0.15) is 13.3 Å². The number of aromatic nitrogens is 2. The fourth-order valence-electron chi connectivity index (χ4n) is 3.50. The van der Waals surface area contributed by atoms with Crippen LogP contribution >= 0.6 is 23.2 Å². The van der Waals surface area contributed by atoms with Crippen molar-refractivity contribution in [1.82, 2.24) is 9.55 Å². The molecule has 148 valence electrons. The quantitative estimate of drug-likeness (QED) is 0.674. The smallest absolute Gasteiger partial charge is 0.261 e. The Hall–Kier alpha value is -2.90. The Morgan fingerprint density at radius 2 is 2.00 bits per heavy atom. The fraction of sp³-hybridized carbons (Fsp3) is 0.200. The van der Waals surface area contributed by atoms with E-state index >= 15 is 0 Å². The SMILES string of the molecule is CC1CC(=O)Nc2ccccc2N1C(=O)Cn1cnc2c(Cl)cc(Cl)cc2c1=O. The lowest BCUT2D eigenvalue weighted by atomic mass is 10.1. The summed E-state index contributed by atoms with van der Waals surface area (Å²) in [4.78, 5) is 43.9. The number of anilines is 2. The summed E-state index contributed by atoms with van der Waals surface area (Å²) in [5.41, 5.74) is 1.05. The van der Waals surface area contributed by atoms with Gasteiger partial charge in [0.2, 0.25) is 11.8 Å². The van der Waals surface area contributed by atoms with Crippen molar-refractivity contribution in [1.29, 1.82) is 0 Å². The van der Waals surface area contributed by atoms with E-state index in [2.05, 4.69) is 10.3 Å². The summed E-state index contributed by atoms with van der Waals surface area (Å²) in [6.45, 7) is 1.55. The maximum absolute atomic E-state index is 13.2. The Kier molecular flexibility index (Phi) is 5.02. The summed E-state index contributed by atoms with van der Waals surface area (Å²) in [6, 6.07) is 9.67. The van der Waals surface area contributed by atoms with E-state index in [1.807, 2.05) is 0 Å². The first-order valence-electron chi connectivity index (χ1n) is 8.90. The van der Waals surface area contributed by atoms with Crippen molar-refractivity contribution in [2.45, 2.75) is 25.9 Å². The zero-order valence-electron chi connectivity index (χ0n) is 15.4. The van der Waals surface area contributed by atoms with E-state index in [9.17, 15) is 14.4 Å². The molecule has 1 aliphatic heterocycles. The molecule has 1 aliphatic rings. The largest absolute Gasteiger partial charge is 0.324 e. The van der Waals surface area contributed by atoms with Crippen LogP contribution in [0.15, 0.2) is 47.5 Å². The Labute approximate surface area is 175 Å². The minimum Gasteiger partial charge on any atom is -0.324 e. The van der Waals surface area contributed by atoms with Crippen LogP contribution < -0.4 is 15.8 Å². The highest BCUT2D eigenvalue weighted by Gasteiger charge is 2.29. The number of halogens is 2. The molecule has 29 heavy (non-hydrogen) atoms. The number of carbonyl (C=O) groups excluding carboxylic acids is 2. The van der Waals surface area contributed by atoms with Crippen molar-refractivity contribution in [3.8, 4) is 0 Å². The minimum atomic E-state index is -0.419. The molecule has 1 aromatic heterocycles. The van der Waals surface area contributed by atoms with Gasteiger partial charge in [0.15, 0.2) is 0 Å². The standard InChI is InChI=1S/C20H16Cl2N4O3/c1-11-6-17(27)24-15-4-2-3-5-16(15)26(11)18(28)9-25-10-23-19-13(20(25)29)7-12(21)8-14(19)22/h2-5,7-8,10-11H,6,9H2,1H3,(H,24,27). The number of hydrogen-bond donors (Lipinski definition) is 1. The van der Waals surface area contributed by atoms with E-state index in [1.54, 1.807) is 31.2 Å². The van der Waals surface area contributed by atoms with Gasteiger partial charge in [-0.25, -0.2) is 4.98 Å². The average Bonchev–Trinajstić information content (AvgIpc) is 2.78. The lowest BCUT2D eigenvalue weighted by molar-refractivity contribution is -0.120. The molecule has 2 heterocycles. The molecule has 0 fully saturated rings. The van der Waals surface area contributed by atoms with Crippen LogP contribution in [0.5, 0.6) is 0 Å². The number of nitrogens with zero attached hydrogens (tertiary/aromatic N) is 3. The van der Waals surface area contributed by atoms with Crippen molar-refractivity contribution < 1.29 is 9.59 Å². The van der Waals surface area contributed by atoms with Gasteiger partial charge in [0.25, 0.3) is 5.56 Å². The number of rotatable bonds is 2. The second-order valence-corrected chi connectivity index (χ2v) is 7.69. The van der Waals surface area contributed by atoms with Gasteiger partial charge in [-0.05, 0) is 31.2 Å². The maximum Gasteiger partial charge on any atom is 0.261 e. The second-order valence-electron chi connectivity index (χ2n) is 6.84. The third-order valence-electron chi connectivity index (χ3n) is 4.78. The molecule has 2 amide bonds. The molecule has 0 bridgehead atoms. The van der Waals surface area contributed by atoms with Crippen LogP contribution in [0.2, 0.25) is 10.0 Å². The predicted octanol–water partition coefficient (Wildman–Crippen LogP) is 3.47. The molecular formula is C20H16Cl2N4O3. The van der Waals surface area contributed by atoms with E-state index in [1.165, 1.54) is 27.9 Å². The zero-order chi connectivity index (χ0) is 20.7. The average molecular weight is 431 g/mol. The lowest BCUT2D eigenvalue weighted by Crippen LogP contribution is -2.42. The molecule has 0 spiro atoms. The summed E-state index contributed by atoms with van der Waals surface area (Å²) in [5, 5.41) is 3.62. The molecule has 0 saturated heterocycles. The van der Waals surface area contributed by atoms with Crippen LogP contribution in [-0.4, -0.2) is 27.4 Å². The molecule has 0 radical (unpaired) electrons. The number of benzene rings is 2. The van der Waals surface area contributed by atoms with Crippen LogP contribution in [0, 0.1) is 0 Å². The van der Waals surface area contributed by atoms with Gasteiger partial charge in [-0.2, -0.15) is 0 Å². The van der Waals surface area contributed by atoms with Gasteiger partial charge in [0.05, 0.1) is 33.6 Å². The highest BCUT2D eigenvalue weighted by atomic mass is 35.5. The third kappa shape index (κ3) is 3.59. The Morgan fingerprint density at radius 3 is 2.79 bits per heavy atom. The summed E-state index contributed by atoms with van der Waals surface area (Å²) >= 11 is 12.1. The molecule has 1 N–H and O–H groups in total. The fourth-order valence-corrected chi connectivity index (χ4v) is 4.04. The van der Waals surface area contributed by atoms with Crippen molar-refractivity contribution in [3.63, 3.8) is 0 Å². The normalized spacial score (nSPS) is 16.3. The number of amides is 2. The van der Waals surface area contributed by atoms with Gasteiger partial charge in [-0.15, -0.1) is 0 Å². The van der Waals surface area contributed by atoms with Gasteiger partial charge < -0.3 is 10.2 Å². The van der Waals surface area contributed by atoms with Crippen LogP contribution in [0.25, 0.3) is 10.9 Å². The third-order valence-corrected chi connectivity index (χ3v) is 5.29. The molecular weight excluding hydrogens is 415 g/mol.